The number of nitrogens with zero attached hydrogens (tertiary/aromatic N) is 2. The minimum atomic E-state index is 0.527. The average Bonchev–Trinajstić information content (AvgIpc) is 2.38. The van der Waals surface area contributed by atoms with Gasteiger partial charge >= 0.3 is 0 Å². The summed E-state index contributed by atoms with van der Waals surface area (Å²) in [5.41, 5.74) is 3.71. The van der Waals surface area contributed by atoms with Crippen molar-refractivity contribution in [3.63, 3.8) is 0 Å². The molecule has 0 radical (unpaired) electrons. The quantitative estimate of drug-likeness (QED) is 0.564. The number of nitrogen functional groups attached to an aromatic ring is 1. The highest BCUT2D eigenvalue weighted by Gasteiger charge is 2.20. The third kappa shape index (κ3) is 2.90. The van der Waals surface area contributed by atoms with Crippen LogP contribution in [-0.4, -0.2) is 16.0 Å². The Hall–Kier alpha value is -1.36. The second kappa shape index (κ2) is 6.00. The second-order valence-electron chi connectivity index (χ2n) is 5.16. The monoisotopic (exact) mass is 249 g/mol. The van der Waals surface area contributed by atoms with Crippen molar-refractivity contribution in [1.29, 1.82) is 0 Å². The van der Waals surface area contributed by atoms with E-state index in [1.54, 1.807) is 6.33 Å². The number of anilines is 2. The molecule has 1 heterocycles. The molecule has 0 aromatic carbocycles. The van der Waals surface area contributed by atoms with Crippen molar-refractivity contribution in [3.8, 4) is 0 Å². The molecule has 1 fully saturated rings. The molecular formula is C13H23N5. The van der Waals surface area contributed by atoms with Gasteiger partial charge in [0, 0.05) is 11.6 Å². The number of aromatic nitrogens is 2. The van der Waals surface area contributed by atoms with Crippen molar-refractivity contribution >= 4 is 11.6 Å². The molecule has 0 amide bonds. The highest BCUT2D eigenvalue weighted by Crippen LogP contribution is 2.28. The number of hydrogen-bond donors (Lipinski definition) is 3. The average molecular weight is 249 g/mol. The summed E-state index contributed by atoms with van der Waals surface area (Å²) in [6, 6.07) is 0.527. The van der Waals surface area contributed by atoms with Crippen molar-refractivity contribution in [3.05, 3.63) is 11.9 Å². The third-order valence-electron chi connectivity index (χ3n) is 3.71. The van der Waals surface area contributed by atoms with Crippen molar-refractivity contribution < 1.29 is 0 Å². The van der Waals surface area contributed by atoms with Crippen molar-refractivity contribution in [2.75, 3.05) is 10.7 Å². The van der Waals surface area contributed by atoms with E-state index in [9.17, 15) is 0 Å². The maximum atomic E-state index is 5.48. The van der Waals surface area contributed by atoms with Gasteiger partial charge in [-0.05, 0) is 25.2 Å². The number of rotatable bonds is 4. The second-order valence-corrected chi connectivity index (χ2v) is 5.16. The Balaban J connectivity index is 2.12. The molecule has 0 aliphatic heterocycles. The highest BCUT2D eigenvalue weighted by molar-refractivity contribution is 5.57. The summed E-state index contributed by atoms with van der Waals surface area (Å²) in [7, 11) is 0. The molecule has 0 bridgehead atoms. The van der Waals surface area contributed by atoms with E-state index in [4.69, 9.17) is 5.84 Å². The normalized spacial score (nSPS) is 23.7. The molecule has 18 heavy (non-hydrogen) atoms. The SMILES string of the molecule is CCc1c(NN)ncnc1NC1CCCC(C)C1. The van der Waals surface area contributed by atoms with Crippen molar-refractivity contribution in [1.82, 2.24) is 9.97 Å². The molecule has 2 atom stereocenters. The predicted octanol–water partition coefficient (Wildman–Crippen LogP) is 2.32. The lowest BCUT2D eigenvalue weighted by molar-refractivity contribution is 0.358. The fourth-order valence-electron chi connectivity index (χ4n) is 2.75. The number of nitrogens with two attached hydrogens (primary N) is 1. The maximum absolute atomic E-state index is 5.48. The molecule has 4 N–H and O–H groups in total. The molecule has 2 rings (SSSR count). The van der Waals surface area contributed by atoms with E-state index in [1.807, 2.05) is 0 Å². The Morgan fingerprint density at radius 3 is 2.78 bits per heavy atom. The minimum Gasteiger partial charge on any atom is -0.367 e. The lowest BCUT2D eigenvalue weighted by atomic mass is 9.87. The van der Waals surface area contributed by atoms with Crippen LogP contribution < -0.4 is 16.6 Å². The van der Waals surface area contributed by atoms with E-state index in [2.05, 4.69) is 34.6 Å². The predicted molar refractivity (Wildman–Crippen MR) is 74.3 cm³/mol. The standard InChI is InChI=1S/C13H23N5/c1-3-11-12(15-8-16-13(11)18-14)17-10-6-4-5-9(2)7-10/h8-10H,3-7,14H2,1-2H3,(H2,15,16,17,18). The molecule has 5 nitrogen and oxygen atoms in total. The Morgan fingerprint density at radius 1 is 1.33 bits per heavy atom. The van der Waals surface area contributed by atoms with E-state index < -0.39 is 0 Å². The largest absolute Gasteiger partial charge is 0.367 e. The summed E-state index contributed by atoms with van der Waals surface area (Å²) in [5.74, 6) is 7.93. The van der Waals surface area contributed by atoms with E-state index in [0.29, 0.717) is 6.04 Å². The Kier molecular flexibility index (Phi) is 4.36. The van der Waals surface area contributed by atoms with Gasteiger partial charge in [0.1, 0.15) is 18.0 Å². The van der Waals surface area contributed by atoms with Gasteiger partial charge in [-0.1, -0.05) is 26.7 Å². The van der Waals surface area contributed by atoms with E-state index in [-0.39, 0.29) is 0 Å². The van der Waals surface area contributed by atoms with Gasteiger partial charge in [0.15, 0.2) is 0 Å². The molecule has 0 spiro atoms. The molecular weight excluding hydrogens is 226 g/mol. The van der Waals surface area contributed by atoms with Crippen LogP contribution in [0.1, 0.15) is 45.1 Å². The van der Waals surface area contributed by atoms with E-state index >= 15 is 0 Å². The fraction of sp³-hybridized carbons (Fsp3) is 0.692. The molecule has 1 aromatic heterocycles. The van der Waals surface area contributed by atoms with Crippen molar-refractivity contribution in [2.45, 2.75) is 52.0 Å². The Bertz CT molecular complexity index is 393. The smallest absolute Gasteiger partial charge is 0.148 e. The summed E-state index contributed by atoms with van der Waals surface area (Å²) in [4.78, 5) is 8.51. The lowest BCUT2D eigenvalue weighted by Gasteiger charge is -2.28. The summed E-state index contributed by atoms with van der Waals surface area (Å²) >= 11 is 0. The molecule has 1 aliphatic rings. The minimum absolute atomic E-state index is 0.527. The number of nitrogens with one attached hydrogen (secondary N) is 2. The first-order chi connectivity index (χ1) is 8.74. The molecule has 1 aromatic rings. The zero-order valence-electron chi connectivity index (χ0n) is 11.2. The van der Waals surface area contributed by atoms with Crippen LogP contribution in [0.5, 0.6) is 0 Å². The van der Waals surface area contributed by atoms with Crippen LogP contribution in [0.3, 0.4) is 0 Å². The van der Waals surface area contributed by atoms with Gasteiger partial charge in [-0.25, -0.2) is 15.8 Å². The topological polar surface area (TPSA) is 75.9 Å². The summed E-state index contributed by atoms with van der Waals surface area (Å²) in [5, 5.41) is 3.56. The molecule has 1 saturated carbocycles. The van der Waals surface area contributed by atoms with Crippen molar-refractivity contribution in [2.24, 2.45) is 11.8 Å². The van der Waals surface area contributed by atoms with Crippen LogP contribution >= 0.6 is 0 Å². The van der Waals surface area contributed by atoms with Gasteiger partial charge < -0.3 is 10.7 Å². The zero-order valence-corrected chi connectivity index (χ0v) is 11.2. The summed E-state index contributed by atoms with van der Waals surface area (Å²) < 4.78 is 0. The van der Waals surface area contributed by atoms with Crippen LogP contribution in [0.2, 0.25) is 0 Å². The van der Waals surface area contributed by atoms with Gasteiger partial charge in [0.2, 0.25) is 0 Å². The van der Waals surface area contributed by atoms with Crippen LogP contribution in [0, 0.1) is 5.92 Å². The highest BCUT2D eigenvalue weighted by atomic mass is 15.3. The number of hydrazine groups is 1. The summed E-state index contributed by atoms with van der Waals surface area (Å²) in [6.07, 6.45) is 7.51. The molecule has 5 heteroatoms. The Morgan fingerprint density at radius 2 is 2.11 bits per heavy atom. The van der Waals surface area contributed by atoms with Crippen LogP contribution in [0.15, 0.2) is 6.33 Å². The van der Waals surface area contributed by atoms with Gasteiger partial charge in [0.25, 0.3) is 0 Å². The van der Waals surface area contributed by atoms with Gasteiger partial charge in [-0.2, -0.15) is 0 Å². The van der Waals surface area contributed by atoms with E-state index in [1.165, 1.54) is 25.7 Å². The van der Waals surface area contributed by atoms with Crippen LogP contribution in [0.4, 0.5) is 11.6 Å². The third-order valence-corrected chi connectivity index (χ3v) is 3.71. The van der Waals surface area contributed by atoms with Gasteiger partial charge in [-0.3, -0.25) is 0 Å². The lowest BCUT2D eigenvalue weighted by Crippen LogP contribution is -2.27. The first-order valence-corrected chi connectivity index (χ1v) is 6.81. The van der Waals surface area contributed by atoms with Crippen LogP contribution in [-0.2, 0) is 6.42 Å². The first-order valence-electron chi connectivity index (χ1n) is 6.81. The fourth-order valence-corrected chi connectivity index (χ4v) is 2.75. The molecule has 2 unspecified atom stereocenters. The molecule has 0 saturated heterocycles. The maximum Gasteiger partial charge on any atom is 0.148 e. The molecule has 100 valence electrons. The number of hydrogen-bond acceptors (Lipinski definition) is 5. The van der Waals surface area contributed by atoms with Gasteiger partial charge in [0.05, 0.1) is 0 Å². The van der Waals surface area contributed by atoms with Gasteiger partial charge in [-0.15, -0.1) is 0 Å². The Labute approximate surface area is 109 Å². The van der Waals surface area contributed by atoms with Crippen LogP contribution in [0.25, 0.3) is 0 Å². The molecule has 1 aliphatic carbocycles. The van der Waals surface area contributed by atoms with E-state index in [0.717, 1.165) is 29.5 Å². The summed E-state index contributed by atoms with van der Waals surface area (Å²) in [6.45, 7) is 4.41. The first kappa shape index (κ1) is 13.1. The zero-order chi connectivity index (χ0) is 13.0.